The molecular weight excluding hydrogens is 396 g/mol. The van der Waals surface area contributed by atoms with Crippen molar-refractivity contribution in [2.75, 3.05) is 13.1 Å². The Balaban J connectivity index is 1.29. The second-order valence-corrected chi connectivity index (χ2v) is 9.26. The average Bonchev–Trinajstić information content (AvgIpc) is 3.22. The molecule has 0 saturated carbocycles. The van der Waals surface area contributed by atoms with Crippen molar-refractivity contribution in [1.82, 2.24) is 9.88 Å². The number of thiazole rings is 1. The van der Waals surface area contributed by atoms with Crippen LogP contribution in [0.3, 0.4) is 0 Å². The molecule has 3 aromatic rings. The largest absolute Gasteiger partial charge is 0.383 e. The van der Waals surface area contributed by atoms with Gasteiger partial charge in [-0.1, -0.05) is 42.0 Å². The van der Waals surface area contributed by atoms with Gasteiger partial charge in [-0.05, 0) is 56.2 Å². The molecule has 2 N–H and O–H groups in total. The summed E-state index contributed by atoms with van der Waals surface area (Å²) in [6.45, 7) is 3.35. The number of benzene rings is 2. The van der Waals surface area contributed by atoms with Crippen molar-refractivity contribution < 1.29 is 15.0 Å². The molecule has 1 amide bonds. The van der Waals surface area contributed by atoms with Crippen molar-refractivity contribution in [1.29, 1.82) is 0 Å². The molecule has 5 nitrogen and oxygen atoms in total. The maximum Gasteiger partial charge on any atom is 0.254 e. The van der Waals surface area contributed by atoms with Crippen LogP contribution in [-0.2, 0) is 11.2 Å². The molecule has 1 aromatic heterocycles. The van der Waals surface area contributed by atoms with E-state index in [9.17, 15) is 15.0 Å². The second-order valence-electron chi connectivity index (χ2n) is 8.20. The second kappa shape index (κ2) is 9.25. The van der Waals surface area contributed by atoms with E-state index >= 15 is 0 Å². The molecule has 158 valence electrons. The molecule has 4 rings (SSSR count). The Morgan fingerprint density at radius 3 is 2.53 bits per heavy atom. The lowest BCUT2D eigenvalue weighted by molar-refractivity contribution is -0.148. The molecule has 1 aliphatic rings. The zero-order chi connectivity index (χ0) is 21.1. The molecule has 0 spiro atoms. The number of carbonyl (C=O) groups excluding carboxylic acids is 1. The zero-order valence-electron chi connectivity index (χ0n) is 17.2. The molecule has 6 heteroatoms. The zero-order valence-corrected chi connectivity index (χ0v) is 18.0. The van der Waals surface area contributed by atoms with Gasteiger partial charge in [0.15, 0.2) is 6.10 Å². The van der Waals surface area contributed by atoms with Crippen LogP contribution < -0.4 is 0 Å². The summed E-state index contributed by atoms with van der Waals surface area (Å²) in [4.78, 5) is 18.8. The molecule has 0 bridgehead atoms. The van der Waals surface area contributed by atoms with E-state index in [1.165, 1.54) is 22.5 Å². The summed E-state index contributed by atoms with van der Waals surface area (Å²) >= 11 is 1.31. The number of fused-ring (bicyclic) bond motifs is 1. The highest BCUT2D eigenvalue weighted by Crippen LogP contribution is 2.29. The van der Waals surface area contributed by atoms with Crippen LogP contribution in [0, 0.1) is 12.8 Å². The summed E-state index contributed by atoms with van der Waals surface area (Å²) < 4.78 is 0.931. The van der Waals surface area contributed by atoms with Crippen LogP contribution in [0.1, 0.15) is 41.5 Å². The van der Waals surface area contributed by atoms with Crippen molar-refractivity contribution in [3.63, 3.8) is 0 Å². The number of nitrogens with zero attached hydrogens (tertiary/aromatic N) is 2. The van der Waals surface area contributed by atoms with E-state index in [1.54, 1.807) is 4.90 Å². The van der Waals surface area contributed by atoms with Crippen molar-refractivity contribution in [3.05, 3.63) is 64.7 Å². The number of para-hydroxylation sites is 1. The first-order valence-corrected chi connectivity index (χ1v) is 11.4. The van der Waals surface area contributed by atoms with E-state index in [1.807, 2.05) is 24.3 Å². The normalized spacial score (nSPS) is 17.2. The smallest absolute Gasteiger partial charge is 0.254 e. The molecule has 2 unspecified atom stereocenters. The summed E-state index contributed by atoms with van der Waals surface area (Å²) in [6, 6.07) is 16.2. The van der Waals surface area contributed by atoms with Gasteiger partial charge < -0.3 is 15.1 Å². The molecule has 2 aromatic carbocycles. The predicted octanol–water partition coefficient (Wildman–Crippen LogP) is 3.87. The topological polar surface area (TPSA) is 73.7 Å². The Bertz CT molecular complexity index is 960. The number of amides is 1. The third-order valence-corrected chi connectivity index (χ3v) is 7.11. The van der Waals surface area contributed by atoms with Crippen molar-refractivity contribution in [3.8, 4) is 0 Å². The van der Waals surface area contributed by atoms with Gasteiger partial charge in [0.2, 0.25) is 0 Å². The van der Waals surface area contributed by atoms with E-state index in [4.69, 9.17) is 0 Å². The van der Waals surface area contributed by atoms with Crippen LogP contribution in [0.5, 0.6) is 0 Å². The first-order valence-electron chi connectivity index (χ1n) is 10.6. The number of rotatable bonds is 6. The third-order valence-electron chi connectivity index (χ3n) is 6.00. The number of aryl methyl sites for hydroxylation is 2. The van der Waals surface area contributed by atoms with Gasteiger partial charge in [0.25, 0.3) is 5.91 Å². The van der Waals surface area contributed by atoms with E-state index < -0.39 is 18.1 Å². The Hall–Kier alpha value is -2.28. The summed E-state index contributed by atoms with van der Waals surface area (Å²) in [5.74, 6) is 0.181. The molecule has 30 heavy (non-hydrogen) atoms. The van der Waals surface area contributed by atoms with Crippen LogP contribution in [0.25, 0.3) is 10.2 Å². The SMILES string of the molecule is Cc1ccc(CCC2CCN(C(=O)C(O)C(O)c3nc4ccccc4s3)CC2)cc1. The minimum atomic E-state index is -1.48. The van der Waals surface area contributed by atoms with E-state index in [-0.39, 0.29) is 0 Å². The molecule has 1 fully saturated rings. The lowest BCUT2D eigenvalue weighted by atomic mass is 9.90. The quantitative estimate of drug-likeness (QED) is 0.630. The summed E-state index contributed by atoms with van der Waals surface area (Å²) in [7, 11) is 0. The summed E-state index contributed by atoms with van der Waals surface area (Å²) in [6.07, 6.45) is 1.26. The number of carbonyl (C=O) groups is 1. The highest BCUT2D eigenvalue weighted by Gasteiger charge is 2.33. The minimum Gasteiger partial charge on any atom is -0.383 e. The number of hydrogen-bond donors (Lipinski definition) is 2. The molecule has 1 saturated heterocycles. The molecular formula is C24H28N2O3S. The van der Waals surface area contributed by atoms with Gasteiger partial charge in [-0.15, -0.1) is 11.3 Å². The molecule has 0 aliphatic carbocycles. The van der Waals surface area contributed by atoms with Crippen LogP contribution in [0.4, 0.5) is 0 Å². The van der Waals surface area contributed by atoms with Crippen molar-refractivity contribution >= 4 is 27.5 Å². The van der Waals surface area contributed by atoms with E-state index in [2.05, 4.69) is 36.2 Å². The van der Waals surface area contributed by atoms with Gasteiger partial charge in [0.05, 0.1) is 10.2 Å². The Kier molecular flexibility index (Phi) is 6.46. The third kappa shape index (κ3) is 4.72. The molecule has 0 radical (unpaired) electrons. The van der Waals surface area contributed by atoms with Crippen LogP contribution >= 0.6 is 11.3 Å². The first kappa shape index (κ1) is 21.0. The maximum atomic E-state index is 12.7. The average molecular weight is 425 g/mol. The monoisotopic (exact) mass is 424 g/mol. The van der Waals surface area contributed by atoms with E-state index in [0.29, 0.717) is 24.0 Å². The number of piperidine rings is 1. The minimum absolute atomic E-state index is 0.380. The van der Waals surface area contributed by atoms with Gasteiger partial charge in [0.1, 0.15) is 11.1 Å². The van der Waals surface area contributed by atoms with Gasteiger partial charge in [0, 0.05) is 13.1 Å². The fourth-order valence-corrected chi connectivity index (χ4v) is 5.03. The van der Waals surface area contributed by atoms with Gasteiger partial charge in [-0.3, -0.25) is 4.79 Å². The first-order chi connectivity index (χ1) is 14.5. The molecule has 2 heterocycles. The number of aliphatic hydroxyl groups is 2. The van der Waals surface area contributed by atoms with Gasteiger partial charge >= 0.3 is 0 Å². The van der Waals surface area contributed by atoms with Crippen molar-refractivity contribution in [2.24, 2.45) is 5.92 Å². The fraction of sp³-hybridized carbons (Fsp3) is 0.417. The number of likely N-dealkylation sites (tertiary alicyclic amines) is 1. The summed E-state index contributed by atoms with van der Waals surface area (Å²) in [5.41, 5.74) is 3.40. The number of hydrogen-bond acceptors (Lipinski definition) is 5. The standard InChI is InChI=1S/C24H28N2O3S/c1-16-6-8-17(9-7-16)10-11-18-12-14-26(15-13-18)24(29)22(28)21(27)23-25-19-4-2-3-5-20(19)30-23/h2-9,18,21-22,27-28H,10-15H2,1H3. The number of aromatic nitrogens is 1. The molecule has 1 aliphatic heterocycles. The highest BCUT2D eigenvalue weighted by molar-refractivity contribution is 7.18. The fourth-order valence-electron chi connectivity index (χ4n) is 4.04. The summed E-state index contributed by atoms with van der Waals surface area (Å²) in [5, 5.41) is 21.4. The van der Waals surface area contributed by atoms with Crippen LogP contribution in [0.15, 0.2) is 48.5 Å². The van der Waals surface area contributed by atoms with Crippen LogP contribution in [-0.4, -0.2) is 45.2 Å². The lowest BCUT2D eigenvalue weighted by Crippen LogP contribution is -2.45. The number of aliphatic hydroxyl groups excluding tert-OH is 2. The van der Waals surface area contributed by atoms with E-state index in [0.717, 1.165) is 35.9 Å². The van der Waals surface area contributed by atoms with Gasteiger partial charge in [-0.25, -0.2) is 4.98 Å². The maximum absolute atomic E-state index is 12.7. The van der Waals surface area contributed by atoms with Crippen LogP contribution in [0.2, 0.25) is 0 Å². The Labute approximate surface area is 181 Å². The predicted molar refractivity (Wildman–Crippen MR) is 119 cm³/mol. The highest BCUT2D eigenvalue weighted by atomic mass is 32.1. The lowest BCUT2D eigenvalue weighted by Gasteiger charge is -2.34. The van der Waals surface area contributed by atoms with Gasteiger partial charge in [-0.2, -0.15) is 0 Å². The Morgan fingerprint density at radius 1 is 1.13 bits per heavy atom. The Morgan fingerprint density at radius 2 is 1.83 bits per heavy atom. The van der Waals surface area contributed by atoms with Crippen molar-refractivity contribution in [2.45, 2.75) is 44.8 Å². The molecule has 2 atom stereocenters.